The van der Waals surface area contributed by atoms with E-state index < -0.39 is 0 Å². The topological polar surface area (TPSA) is 41.6 Å². The summed E-state index contributed by atoms with van der Waals surface area (Å²) >= 11 is 2.00. The predicted molar refractivity (Wildman–Crippen MR) is 108 cm³/mol. The third-order valence-electron chi connectivity index (χ3n) is 4.64. The third kappa shape index (κ3) is 4.94. The van der Waals surface area contributed by atoms with Gasteiger partial charge in [-0.3, -0.25) is 9.69 Å². The van der Waals surface area contributed by atoms with E-state index in [4.69, 9.17) is 4.74 Å². The number of nitrogens with zero attached hydrogens (tertiary/aromatic N) is 1. The quantitative estimate of drug-likeness (QED) is 0.679. The normalized spacial score (nSPS) is 15.7. The van der Waals surface area contributed by atoms with Crippen LogP contribution in [-0.2, 0) is 6.54 Å². The van der Waals surface area contributed by atoms with Gasteiger partial charge < -0.3 is 10.1 Å². The Hall–Kier alpha value is -1.67. The molecule has 0 atom stereocenters. The molecular weight excluding hydrogens is 446 g/mol. The number of hydrogen-bond donors (Lipinski definition) is 1. The number of halogens is 2. The van der Waals surface area contributed by atoms with Gasteiger partial charge in [0.05, 0.1) is 12.7 Å². The minimum atomic E-state index is -0.322. The van der Waals surface area contributed by atoms with Crippen molar-refractivity contribution < 1.29 is 13.9 Å². The lowest BCUT2D eigenvalue weighted by molar-refractivity contribution is 0.0908. The summed E-state index contributed by atoms with van der Waals surface area (Å²) in [6, 6.07) is 12.5. The molecule has 2 aromatic rings. The minimum absolute atomic E-state index is 0.124. The number of nitrogens with one attached hydrogen (secondary N) is 1. The van der Waals surface area contributed by atoms with Crippen molar-refractivity contribution in [3.05, 3.63) is 63.0 Å². The zero-order valence-electron chi connectivity index (χ0n) is 14.7. The molecule has 1 heterocycles. The van der Waals surface area contributed by atoms with E-state index in [-0.39, 0.29) is 17.8 Å². The molecule has 1 amide bonds. The summed E-state index contributed by atoms with van der Waals surface area (Å²) in [4.78, 5) is 14.8. The van der Waals surface area contributed by atoms with Gasteiger partial charge >= 0.3 is 0 Å². The van der Waals surface area contributed by atoms with Crippen molar-refractivity contribution >= 4 is 28.5 Å². The highest BCUT2D eigenvalue weighted by Crippen LogP contribution is 2.19. The monoisotopic (exact) mass is 468 g/mol. The number of ether oxygens (including phenoxy) is 1. The van der Waals surface area contributed by atoms with Gasteiger partial charge in [-0.05, 0) is 71.3 Å². The number of carbonyl (C=O) groups is 1. The van der Waals surface area contributed by atoms with E-state index in [1.54, 1.807) is 13.2 Å². The molecule has 0 spiro atoms. The summed E-state index contributed by atoms with van der Waals surface area (Å²) < 4.78 is 19.1. The SMILES string of the molecule is COc1cccc(CN2CCC(NC(=O)c3ccc(F)cc3I)CC2)c1. The first-order valence-electron chi connectivity index (χ1n) is 8.66. The maximum atomic E-state index is 13.2. The molecule has 0 aliphatic carbocycles. The van der Waals surface area contributed by atoms with Crippen LogP contribution in [0.2, 0.25) is 0 Å². The van der Waals surface area contributed by atoms with Crippen molar-refractivity contribution in [2.75, 3.05) is 20.2 Å². The van der Waals surface area contributed by atoms with Crippen LogP contribution in [0.15, 0.2) is 42.5 Å². The maximum absolute atomic E-state index is 13.2. The summed E-state index contributed by atoms with van der Waals surface area (Å²) in [6.07, 6.45) is 1.82. The minimum Gasteiger partial charge on any atom is -0.497 e. The number of rotatable bonds is 5. The summed E-state index contributed by atoms with van der Waals surface area (Å²) in [5.41, 5.74) is 1.76. The lowest BCUT2D eigenvalue weighted by Crippen LogP contribution is -2.44. The molecule has 6 heteroatoms. The number of hydrogen-bond acceptors (Lipinski definition) is 3. The van der Waals surface area contributed by atoms with Crippen LogP contribution in [0.25, 0.3) is 0 Å². The molecule has 0 saturated carbocycles. The molecule has 1 N–H and O–H groups in total. The zero-order chi connectivity index (χ0) is 18.5. The first-order valence-corrected chi connectivity index (χ1v) is 9.74. The molecule has 2 aromatic carbocycles. The second kappa shape index (κ2) is 8.81. The number of carbonyl (C=O) groups excluding carboxylic acids is 1. The zero-order valence-corrected chi connectivity index (χ0v) is 16.8. The molecule has 3 rings (SSSR count). The van der Waals surface area contributed by atoms with Crippen LogP contribution in [-0.4, -0.2) is 37.0 Å². The molecule has 1 fully saturated rings. The Balaban J connectivity index is 1.51. The highest BCUT2D eigenvalue weighted by atomic mass is 127. The van der Waals surface area contributed by atoms with Gasteiger partial charge in [0.1, 0.15) is 11.6 Å². The van der Waals surface area contributed by atoms with Gasteiger partial charge in [-0.15, -0.1) is 0 Å². The van der Waals surface area contributed by atoms with Gasteiger partial charge in [0.2, 0.25) is 0 Å². The maximum Gasteiger partial charge on any atom is 0.252 e. The molecule has 1 saturated heterocycles. The Bertz CT molecular complexity index is 776. The van der Waals surface area contributed by atoms with E-state index >= 15 is 0 Å². The van der Waals surface area contributed by atoms with E-state index in [2.05, 4.69) is 22.3 Å². The number of piperidine rings is 1. The van der Waals surface area contributed by atoms with Gasteiger partial charge in [-0.25, -0.2) is 4.39 Å². The summed E-state index contributed by atoms with van der Waals surface area (Å²) in [5, 5.41) is 3.09. The number of likely N-dealkylation sites (tertiary alicyclic amines) is 1. The van der Waals surface area contributed by atoms with Crippen molar-refractivity contribution in [1.29, 1.82) is 0 Å². The van der Waals surface area contributed by atoms with Crippen molar-refractivity contribution in [3.63, 3.8) is 0 Å². The smallest absolute Gasteiger partial charge is 0.252 e. The fourth-order valence-corrected chi connectivity index (χ4v) is 3.92. The molecule has 26 heavy (non-hydrogen) atoms. The molecule has 0 unspecified atom stereocenters. The predicted octanol–water partition coefficient (Wildman–Crippen LogP) is 3.83. The fourth-order valence-electron chi connectivity index (χ4n) is 3.20. The van der Waals surface area contributed by atoms with Gasteiger partial charge in [0, 0.05) is 29.2 Å². The average Bonchev–Trinajstić information content (AvgIpc) is 2.63. The molecule has 0 bridgehead atoms. The molecule has 0 radical (unpaired) electrons. The number of amides is 1. The van der Waals surface area contributed by atoms with Crippen molar-refractivity contribution in [2.24, 2.45) is 0 Å². The Kier molecular flexibility index (Phi) is 6.48. The Morgan fingerprint density at radius 2 is 2.04 bits per heavy atom. The molecule has 4 nitrogen and oxygen atoms in total. The van der Waals surface area contributed by atoms with E-state index in [0.29, 0.717) is 9.13 Å². The second-order valence-electron chi connectivity index (χ2n) is 6.50. The molecule has 138 valence electrons. The van der Waals surface area contributed by atoms with Gasteiger partial charge in [-0.1, -0.05) is 12.1 Å². The van der Waals surface area contributed by atoms with Gasteiger partial charge in [-0.2, -0.15) is 0 Å². The summed E-state index contributed by atoms with van der Waals surface area (Å²) in [5.74, 6) is 0.427. The largest absolute Gasteiger partial charge is 0.497 e. The lowest BCUT2D eigenvalue weighted by Gasteiger charge is -2.32. The Labute approximate surface area is 166 Å². The molecule has 1 aliphatic heterocycles. The summed E-state index contributed by atoms with van der Waals surface area (Å²) in [6.45, 7) is 2.75. The first kappa shape index (κ1) is 19.1. The Morgan fingerprint density at radius 1 is 1.27 bits per heavy atom. The standard InChI is InChI=1S/C20H22FIN2O2/c1-26-17-4-2-3-14(11-17)13-24-9-7-16(8-10-24)23-20(25)18-6-5-15(21)12-19(18)22/h2-6,11-12,16H,7-10,13H2,1H3,(H,23,25). The van der Waals surface area contributed by atoms with E-state index in [9.17, 15) is 9.18 Å². The Morgan fingerprint density at radius 3 is 2.73 bits per heavy atom. The van der Waals surface area contributed by atoms with Crippen LogP contribution >= 0.6 is 22.6 Å². The van der Waals surface area contributed by atoms with Crippen LogP contribution in [0.5, 0.6) is 5.75 Å². The van der Waals surface area contributed by atoms with Gasteiger partial charge in [0.25, 0.3) is 5.91 Å². The van der Waals surface area contributed by atoms with Crippen LogP contribution in [0.4, 0.5) is 4.39 Å². The second-order valence-corrected chi connectivity index (χ2v) is 7.66. The van der Waals surface area contributed by atoms with Crippen molar-refractivity contribution in [2.45, 2.75) is 25.4 Å². The van der Waals surface area contributed by atoms with Crippen LogP contribution in [0, 0.1) is 9.39 Å². The van der Waals surface area contributed by atoms with Crippen LogP contribution < -0.4 is 10.1 Å². The lowest BCUT2D eigenvalue weighted by atomic mass is 10.0. The fraction of sp³-hybridized carbons (Fsp3) is 0.350. The van der Waals surface area contributed by atoms with E-state index in [1.807, 2.05) is 34.7 Å². The van der Waals surface area contributed by atoms with Crippen LogP contribution in [0.3, 0.4) is 0 Å². The van der Waals surface area contributed by atoms with E-state index in [0.717, 1.165) is 38.2 Å². The first-order chi connectivity index (χ1) is 12.5. The molecule has 1 aliphatic rings. The summed E-state index contributed by atoms with van der Waals surface area (Å²) in [7, 11) is 1.68. The number of benzene rings is 2. The highest BCUT2D eigenvalue weighted by molar-refractivity contribution is 14.1. The molecular formula is C20H22FIN2O2. The van der Waals surface area contributed by atoms with Gasteiger partial charge in [0.15, 0.2) is 0 Å². The highest BCUT2D eigenvalue weighted by Gasteiger charge is 2.22. The number of methoxy groups -OCH3 is 1. The third-order valence-corrected chi connectivity index (χ3v) is 5.53. The van der Waals surface area contributed by atoms with Crippen LogP contribution in [0.1, 0.15) is 28.8 Å². The molecule has 0 aromatic heterocycles. The van der Waals surface area contributed by atoms with E-state index in [1.165, 1.54) is 17.7 Å². The average molecular weight is 468 g/mol. The van der Waals surface area contributed by atoms with Crippen molar-refractivity contribution in [3.8, 4) is 5.75 Å². The van der Waals surface area contributed by atoms with Crippen molar-refractivity contribution in [1.82, 2.24) is 10.2 Å².